The maximum absolute atomic E-state index is 9.68. The first kappa shape index (κ1) is 12.1. The van der Waals surface area contributed by atoms with Crippen LogP contribution in [0.2, 0.25) is 0 Å². The van der Waals surface area contributed by atoms with Gasteiger partial charge in [-0.15, -0.1) is 0 Å². The lowest BCUT2D eigenvalue weighted by Crippen LogP contribution is -2.19. The molecule has 0 spiro atoms. The van der Waals surface area contributed by atoms with Crippen LogP contribution in [0.4, 0.5) is 0 Å². The van der Waals surface area contributed by atoms with Crippen LogP contribution in [-0.4, -0.2) is 48.8 Å². The second-order valence-electron chi connectivity index (χ2n) is 3.65. The Bertz CT molecular complexity index is 265. The molecule has 1 aromatic rings. The van der Waals surface area contributed by atoms with E-state index in [1.807, 2.05) is 31.1 Å². The number of likely N-dealkylation sites (N-methyl/N-ethyl adjacent to an activating group) is 1. The maximum atomic E-state index is 9.68. The molecule has 4 heteroatoms. The summed E-state index contributed by atoms with van der Waals surface area (Å²) < 4.78 is 5.33. The number of ether oxygens (including phenoxy) is 1. The van der Waals surface area contributed by atoms with Gasteiger partial charge < -0.3 is 14.7 Å². The lowest BCUT2D eigenvalue weighted by atomic mass is 10.2. The molecular formula is C11H18N2O2. The van der Waals surface area contributed by atoms with E-state index in [0.29, 0.717) is 18.9 Å². The molecule has 0 amide bonds. The summed E-state index contributed by atoms with van der Waals surface area (Å²) in [4.78, 5) is 6.09. The molecule has 1 aromatic heterocycles. The maximum Gasteiger partial charge on any atom is 0.119 e. The number of hydrogen-bond acceptors (Lipinski definition) is 4. The summed E-state index contributed by atoms with van der Waals surface area (Å²) >= 11 is 0. The molecule has 84 valence electrons. The number of rotatable bonds is 6. The van der Waals surface area contributed by atoms with Gasteiger partial charge in [-0.1, -0.05) is 6.07 Å². The van der Waals surface area contributed by atoms with Gasteiger partial charge >= 0.3 is 0 Å². The molecule has 15 heavy (non-hydrogen) atoms. The van der Waals surface area contributed by atoms with Crippen molar-refractivity contribution in [3.05, 3.63) is 30.1 Å². The van der Waals surface area contributed by atoms with Gasteiger partial charge in [-0.05, 0) is 26.2 Å². The molecule has 4 nitrogen and oxygen atoms in total. The van der Waals surface area contributed by atoms with Crippen molar-refractivity contribution in [1.82, 2.24) is 9.88 Å². The fourth-order valence-corrected chi connectivity index (χ4v) is 1.10. The zero-order chi connectivity index (χ0) is 11.1. The first-order valence-corrected chi connectivity index (χ1v) is 5.01. The summed E-state index contributed by atoms with van der Waals surface area (Å²) in [7, 11) is 3.97. The van der Waals surface area contributed by atoms with Gasteiger partial charge in [0.1, 0.15) is 6.10 Å². The quantitative estimate of drug-likeness (QED) is 0.702. The number of hydrogen-bond donors (Lipinski definition) is 1. The molecule has 0 aliphatic heterocycles. The van der Waals surface area contributed by atoms with Crippen molar-refractivity contribution in [2.24, 2.45) is 0 Å². The van der Waals surface area contributed by atoms with Gasteiger partial charge in [0.25, 0.3) is 0 Å². The zero-order valence-corrected chi connectivity index (χ0v) is 9.26. The van der Waals surface area contributed by atoms with Crippen LogP contribution in [0.25, 0.3) is 0 Å². The average Bonchev–Trinajstić information content (AvgIpc) is 2.25. The smallest absolute Gasteiger partial charge is 0.119 e. The third kappa shape index (κ3) is 4.88. The van der Waals surface area contributed by atoms with E-state index in [0.717, 1.165) is 6.54 Å². The van der Waals surface area contributed by atoms with E-state index in [1.54, 1.807) is 12.3 Å². The fourth-order valence-electron chi connectivity index (χ4n) is 1.10. The Balaban J connectivity index is 2.22. The summed E-state index contributed by atoms with van der Waals surface area (Å²) in [6.45, 7) is 1.77. The summed E-state index contributed by atoms with van der Waals surface area (Å²) in [6, 6.07) is 5.47. The van der Waals surface area contributed by atoms with E-state index in [-0.39, 0.29) is 0 Å². The highest BCUT2D eigenvalue weighted by Crippen LogP contribution is 2.08. The van der Waals surface area contributed by atoms with Crippen LogP contribution >= 0.6 is 0 Å². The van der Waals surface area contributed by atoms with Crippen LogP contribution in [0.5, 0.6) is 0 Å². The lowest BCUT2D eigenvalue weighted by molar-refractivity contribution is 0.0287. The number of aliphatic hydroxyl groups is 1. The fraction of sp³-hybridized carbons (Fsp3) is 0.545. The lowest BCUT2D eigenvalue weighted by Gasteiger charge is -2.12. The zero-order valence-electron chi connectivity index (χ0n) is 9.26. The number of aliphatic hydroxyl groups excluding tert-OH is 1. The van der Waals surface area contributed by atoms with Crippen molar-refractivity contribution in [3.8, 4) is 0 Å². The number of nitrogens with zero attached hydrogens (tertiary/aromatic N) is 2. The van der Waals surface area contributed by atoms with E-state index in [9.17, 15) is 5.11 Å². The summed E-state index contributed by atoms with van der Waals surface area (Å²) in [5, 5.41) is 9.68. The third-order valence-electron chi connectivity index (χ3n) is 1.99. The molecule has 1 heterocycles. The first-order valence-electron chi connectivity index (χ1n) is 5.01. The Morgan fingerprint density at radius 2 is 2.27 bits per heavy atom. The molecule has 0 saturated heterocycles. The van der Waals surface area contributed by atoms with E-state index in [1.165, 1.54) is 0 Å². The van der Waals surface area contributed by atoms with Crippen LogP contribution in [0.1, 0.15) is 11.8 Å². The molecule has 0 bridgehead atoms. The van der Waals surface area contributed by atoms with Gasteiger partial charge in [-0.25, -0.2) is 0 Å². The molecule has 0 saturated carbocycles. The second kappa shape index (κ2) is 6.50. The number of aromatic nitrogens is 1. The summed E-state index contributed by atoms with van der Waals surface area (Å²) in [6.07, 6.45) is 1.03. The van der Waals surface area contributed by atoms with Gasteiger partial charge in [-0.2, -0.15) is 0 Å². The van der Waals surface area contributed by atoms with E-state index >= 15 is 0 Å². The number of pyridine rings is 1. The minimum Gasteiger partial charge on any atom is -0.384 e. The highest BCUT2D eigenvalue weighted by molar-refractivity contribution is 5.06. The molecule has 1 atom stereocenters. The molecule has 0 fully saturated rings. The van der Waals surface area contributed by atoms with Crippen molar-refractivity contribution in [3.63, 3.8) is 0 Å². The summed E-state index contributed by atoms with van der Waals surface area (Å²) in [5.74, 6) is 0. The van der Waals surface area contributed by atoms with Crippen molar-refractivity contribution in [2.75, 3.05) is 33.9 Å². The third-order valence-corrected chi connectivity index (χ3v) is 1.99. The van der Waals surface area contributed by atoms with Crippen LogP contribution < -0.4 is 0 Å². The Hall–Kier alpha value is -0.970. The van der Waals surface area contributed by atoms with Crippen LogP contribution in [-0.2, 0) is 4.74 Å². The van der Waals surface area contributed by atoms with Gasteiger partial charge in [0, 0.05) is 12.7 Å². The van der Waals surface area contributed by atoms with Crippen molar-refractivity contribution < 1.29 is 9.84 Å². The summed E-state index contributed by atoms with van der Waals surface area (Å²) in [5.41, 5.74) is 0.655. The minimum absolute atomic E-state index is 0.296. The van der Waals surface area contributed by atoms with Crippen LogP contribution in [0.15, 0.2) is 24.4 Å². The Kier molecular flexibility index (Phi) is 5.25. The molecule has 1 N–H and O–H groups in total. The first-order chi connectivity index (χ1) is 7.20. The highest BCUT2D eigenvalue weighted by atomic mass is 16.5. The van der Waals surface area contributed by atoms with Crippen molar-refractivity contribution in [1.29, 1.82) is 0 Å². The molecule has 0 aliphatic carbocycles. The second-order valence-corrected chi connectivity index (χ2v) is 3.65. The van der Waals surface area contributed by atoms with Crippen molar-refractivity contribution in [2.45, 2.75) is 6.10 Å². The van der Waals surface area contributed by atoms with E-state index in [4.69, 9.17) is 4.74 Å². The Labute approximate surface area is 90.5 Å². The monoisotopic (exact) mass is 210 g/mol. The van der Waals surface area contributed by atoms with Gasteiger partial charge in [-0.3, -0.25) is 4.98 Å². The topological polar surface area (TPSA) is 45.6 Å². The van der Waals surface area contributed by atoms with Gasteiger partial charge in [0.2, 0.25) is 0 Å². The van der Waals surface area contributed by atoms with Crippen LogP contribution in [0.3, 0.4) is 0 Å². The van der Waals surface area contributed by atoms with Gasteiger partial charge in [0.05, 0.1) is 18.9 Å². The highest BCUT2D eigenvalue weighted by Gasteiger charge is 2.07. The van der Waals surface area contributed by atoms with Crippen LogP contribution in [0, 0.1) is 0 Å². The predicted molar refractivity (Wildman–Crippen MR) is 58.6 cm³/mol. The molecule has 0 radical (unpaired) electrons. The SMILES string of the molecule is CN(C)CCOCC(O)c1ccccn1. The normalized spacial score (nSPS) is 13.1. The van der Waals surface area contributed by atoms with E-state index < -0.39 is 6.10 Å². The molecular weight excluding hydrogens is 192 g/mol. The molecule has 1 rings (SSSR count). The minimum atomic E-state index is -0.631. The predicted octanol–water partition coefficient (Wildman–Crippen LogP) is 0.693. The average molecular weight is 210 g/mol. The molecule has 0 aliphatic rings. The van der Waals surface area contributed by atoms with Crippen molar-refractivity contribution >= 4 is 0 Å². The molecule has 1 unspecified atom stereocenters. The Morgan fingerprint density at radius 3 is 2.87 bits per heavy atom. The molecule has 0 aromatic carbocycles. The van der Waals surface area contributed by atoms with E-state index in [2.05, 4.69) is 4.98 Å². The standard InChI is InChI=1S/C11H18N2O2/c1-13(2)7-8-15-9-11(14)10-5-3-4-6-12-10/h3-6,11,14H,7-9H2,1-2H3. The Morgan fingerprint density at radius 1 is 1.47 bits per heavy atom. The van der Waals surface area contributed by atoms with Gasteiger partial charge in [0.15, 0.2) is 0 Å². The largest absolute Gasteiger partial charge is 0.384 e.